The molecular formula is C12H14N2O4S. The number of aliphatic carboxylic acids is 1. The molecule has 0 saturated heterocycles. The summed E-state index contributed by atoms with van der Waals surface area (Å²) in [6.45, 7) is 1.72. The van der Waals surface area contributed by atoms with E-state index in [1.807, 2.05) is 6.07 Å². The van der Waals surface area contributed by atoms with Gasteiger partial charge in [-0.25, -0.2) is 8.42 Å². The SMILES string of the molecule is Cc1ccc(C#N)cc1NS(=O)(=O)CCCC(=O)O. The molecule has 2 N–H and O–H groups in total. The number of nitriles is 1. The zero-order chi connectivity index (χ0) is 14.5. The topological polar surface area (TPSA) is 107 Å². The molecule has 0 atom stereocenters. The molecule has 0 aromatic heterocycles. The molecule has 1 rings (SSSR count). The number of hydrogen-bond donors (Lipinski definition) is 2. The zero-order valence-corrected chi connectivity index (χ0v) is 11.2. The van der Waals surface area contributed by atoms with Crippen molar-refractivity contribution in [1.29, 1.82) is 5.26 Å². The minimum atomic E-state index is -3.60. The summed E-state index contributed by atoms with van der Waals surface area (Å²) in [5.41, 5.74) is 1.39. The van der Waals surface area contributed by atoms with E-state index in [-0.39, 0.29) is 18.6 Å². The third-order valence-corrected chi connectivity index (χ3v) is 3.79. The molecule has 0 radical (unpaired) electrons. The van der Waals surface area contributed by atoms with Gasteiger partial charge in [-0.3, -0.25) is 9.52 Å². The highest BCUT2D eigenvalue weighted by Gasteiger charge is 2.13. The van der Waals surface area contributed by atoms with Gasteiger partial charge in [-0.05, 0) is 31.0 Å². The van der Waals surface area contributed by atoms with Crippen LogP contribution in [0.4, 0.5) is 5.69 Å². The Bertz CT molecular complexity index is 617. The van der Waals surface area contributed by atoms with E-state index in [0.717, 1.165) is 0 Å². The van der Waals surface area contributed by atoms with E-state index in [9.17, 15) is 13.2 Å². The normalized spacial score (nSPS) is 10.7. The summed E-state index contributed by atoms with van der Waals surface area (Å²) in [5.74, 6) is -1.30. The van der Waals surface area contributed by atoms with Gasteiger partial charge in [0.1, 0.15) is 0 Å². The van der Waals surface area contributed by atoms with Crippen LogP contribution in [0, 0.1) is 18.3 Å². The van der Waals surface area contributed by atoms with Gasteiger partial charge in [0.15, 0.2) is 0 Å². The number of sulfonamides is 1. The number of aryl methyl sites for hydroxylation is 1. The zero-order valence-electron chi connectivity index (χ0n) is 10.4. The summed E-state index contributed by atoms with van der Waals surface area (Å²) in [4.78, 5) is 10.3. The van der Waals surface area contributed by atoms with Gasteiger partial charge in [-0.2, -0.15) is 5.26 Å². The predicted molar refractivity (Wildman–Crippen MR) is 70.2 cm³/mol. The van der Waals surface area contributed by atoms with Crippen molar-refractivity contribution in [3.8, 4) is 6.07 Å². The minimum absolute atomic E-state index is 0.0433. The largest absolute Gasteiger partial charge is 0.481 e. The van der Waals surface area contributed by atoms with Crippen LogP contribution in [0.2, 0.25) is 0 Å². The predicted octanol–water partition coefficient (Wildman–Crippen LogP) is 1.47. The first-order chi connectivity index (χ1) is 8.84. The Kier molecular flexibility index (Phi) is 4.89. The summed E-state index contributed by atoms with van der Waals surface area (Å²) in [6, 6.07) is 6.62. The molecule has 0 heterocycles. The Morgan fingerprint density at radius 1 is 1.47 bits per heavy atom. The number of carbonyl (C=O) groups is 1. The fraction of sp³-hybridized carbons (Fsp3) is 0.333. The Labute approximate surface area is 111 Å². The average Bonchev–Trinajstić information content (AvgIpc) is 2.31. The number of benzene rings is 1. The molecule has 102 valence electrons. The van der Waals surface area contributed by atoms with Crippen LogP contribution in [0.1, 0.15) is 24.0 Å². The lowest BCUT2D eigenvalue weighted by Gasteiger charge is -2.10. The number of anilines is 1. The van der Waals surface area contributed by atoms with Gasteiger partial charge in [0.05, 0.1) is 23.1 Å². The maximum atomic E-state index is 11.7. The number of hydrogen-bond acceptors (Lipinski definition) is 4. The molecule has 0 fully saturated rings. The van der Waals surface area contributed by atoms with Gasteiger partial charge in [-0.15, -0.1) is 0 Å². The first kappa shape index (κ1) is 15.0. The third-order valence-electron chi connectivity index (χ3n) is 2.44. The van der Waals surface area contributed by atoms with Crippen LogP contribution >= 0.6 is 0 Å². The molecule has 0 amide bonds. The standard InChI is InChI=1S/C12H14N2O4S/c1-9-4-5-10(8-13)7-11(9)14-19(17,18)6-2-3-12(15)16/h4-5,7,14H,2-3,6H2,1H3,(H,15,16). The van der Waals surface area contributed by atoms with Crippen LogP contribution in [-0.4, -0.2) is 25.2 Å². The molecule has 19 heavy (non-hydrogen) atoms. The Morgan fingerprint density at radius 2 is 2.16 bits per heavy atom. The molecule has 1 aromatic rings. The lowest BCUT2D eigenvalue weighted by Crippen LogP contribution is -2.18. The van der Waals surface area contributed by atoms with Crippen LogP contribution in [0.3, 0.4) is 0 Å². The van der Waals surface area contributed by atoms with Crippen LogP contribution < -0.4 is 4.72 Å². The van der Waals surface area contributed by atoms with E-state index in [2.05, 4.69) is 4.72 Å². The fourth-order valence-electron chi connectivity index (χ4n) is 1.43. The molecule has 1 aromatic carbocycles. The van der Waals surface area contributed by atoms with Crippen LogP contribution in [0.15, 0.2) is 18.2 Å². The summed E-state index contributed by atoms with van der Waals surface area (Å²) in [7, 11) is -3.60. The summed E-state index contributed by atoms with van der Waals surface area (Å²) in [6.07, 6.45) is -0.153. The summed E-state index contributed by atoms with van der Waals surface area (Å²) < 4.78 is 25.9. The lowest BCUT2D eigenvalue weighted by atomic mass is 10.1. The molecule has 0 bridgehead atoms. The first-order valence-corrected chi connectivity index (χ1v) is 7.22. The highest BCUT2D eigenvalue weighted by molar-refractivity contribution is 7.92. The minimum Gasteiger partial charge on any atom is -0.481 e. The molecule has 0 spiro atoms. The molecular weight excluding hydrogens is 268 g/mol. The van der Waals surface area contributed by atoms with E-state index < -0.39 is 16.0 Å². The smallest absolute Gasteiger partial charge is 0.303 e. The van der Waals surface area contributed by atoms with Crippen LogP contribution in [0.25, 0.3) is 0 Å². The quantitative estimate of drug-likeness (QED) is 0.821. The van der Waals surface area contributed by atoms with Crippen molar-refractivity contribution in [2.24, 2.45) is 0 Å². The third kappa shape index (κ3) is 4.97. The maximum Gasteiger partial charge on any atom is 0.303 e. The van der Waals surface area contributed by atoms with Crippen molar-refractivity contribution in [2.45, 2.75) is 19.8 Å². The lowest BCUT2D eigenvalue weighted by molar-refractivity contribution is -0.137. The van der Waals surface area contributed by atoms with Crippen molar-refractivity contribution in [3.05, 3.63) is 29.3 Å². The molecule has 0 aliphatic rings. The maximum absolute atomic E-state index is 11.7. The van der Waals surface area contributed by atoms with Crippen molar-refractivity contribution in [2.75, 3.05) is 10.5 Å². The second-order valence-corrected chi connectivity index (χ2v) is 5.90. The van der Waals surface area contributed by atoms with Gasteiger partial charge in [0.2, 0.25) is 10.0 Å². The molecule has 7 heteroatoms. The van der Waals surface area contributed by atoms with Gasteiger partial charge < -0.3 is 5.11 Å². The van der Waals surface area contributed by atoms with Crippen LogP contribution in [0.5, 0.6) is 0 Å². The average molecular weight is 282 g/mol. The monoisotopic (exact) mass is 282 g/mol. The van der Waals surface area contributed by atoms with E-state index >= 15 is 0 Å². The highest BCUT2D eigenvalue weighted by Crippen LogP contribution is 2.18. The molecule has 0 unspecified atom stereocenters. The molecule has 6 nitrogen and oxygen atoms in total. The number of nitrogens with one attached hydrogen (secondary N) is 1. The van der Waals surface area contributed by atoms with E-state index in [1.54, 1.807) is 19.1 Å². The molecule has 0 aliphatic heterocycles. The fourth-order valence-corrected chi connectivity index (χ4v) is 2.61. The van der Waals surface area contributed by atoms with Crippen molar-refractivity contribution >= 4 is 21.7 Å². The Balaban J connectivity index is 2.78. The van der Waals surface area contributed by atoms with Crippen molar-refractivity contribution in [3.63, 3.8) is 0 Å². The number of carboxylic acids is 1. The second-order valence-electron chi connectivity index (χ2n) is 4.06. The van der Waals surface area contributed by atoms with Gasteiger partial charge in [0.25, 0.3) is 0 Å². The van der Waals surface area contributed by atoms with Gasteiger partial charge >= 0.3 is 5.97 Å². The van der Waals surface area contributed by atoms with E-state index in [4.69, 9.17) is 10.4 Å². The van der Waals surface area contributed by atoms with Gasteiger partial charge in [-0.1, -0.05) is 6.07 Å². The highest BCUT2D eigenvalue weighted by atomic mass is 32.2. The number of nitrogens with zero attached hydrogens (tertiary/aromatic N) is 1. The summed E-state index contributed by atoms with van der Waals surface area (Å²) in [5, 5.41) is 17.2. The van der Waals surface area contributed by atoms with E-state index in [0.29, 0.717) is 16.8 Å². The van der Waals surface area contributed by atoms with Crippen molar-refractivity contribution in [1.82, 2.24) is 0 Å². The van der Waals surface area contributed by atoms with E-state index in [1.165, 1.54) is 6.07 Å². The second kappa shape index (κ2) is 6.20. The summed E-state index contributed by atoms with van der Waals surface area (Å²) >= 11 is 0. The van der Waals surface area contributed by atoms with Crippen LogP contribution in [-0.2, 0) is 14.8 Å². The molecule has 0 saturated carbocycles. The van der Waals surface area contributed by atoms with Crippen molar-refractivity contribution < 1.29 is 18.3 Å². The Morgan fingerprint density at radius 3 is 2.74 bits per heavy atom. The Hall–Kier alpha value is -2.07. The number of rotatable bonds is 6. The number of carboxylic acid groups (broad SMARTS) is 1. The molecule has 0 aliphatic carbocycles. The first-order valence-electron chi connectivity index (χ1n) is 5.57. The van der Waals surface area contributed by atoms with Gasteiger partial charge in [0, 0.05) is 6.42 Å².